The fourth-order valence-corrected chi connectivity index (χ4v) is 1.36. The van der Waals surface area contributed by atoms with Gasteiger partial charge in [-0.15, -0.1) is 0 Å². The molecular formula is C7H15NO. The lowest BCUT2D eigenvalue weighted by molar-refractivity contribution is -0.0214. The number of aliphatic hydroxyl groups excluding tert-OH is 1. The van der Waals surface area contributed by atoms with Crippen molar-refractivity contribution in [1.29, 1.82) is 0 Å². The van der Waals surface area contributed by atoms with Gasteiger partial charge in [-0.2, -0.15) is 0 Å². The van der Waals surface area contributed by atoms with Crippen molar-refractivity contribution in [2.75, 3.05) is 13.6 Å². The van der Waals surface area contributed by atoms with Gasteiger partial charge in [-0.25, -0.2) is 0 Å². The summed E-state index contributed by atoms with van der Waals surface area (Å²) >= 11 is 0. The van der Waals surface area contributed by atoms with Gasteiger partial charge in [-0.1, -0.05) is 6.92 Å². The highest BCUT2D eigenvalue weighted by molar-refractivity contribution is 4.69. The van der Waals surface area contributed by atoms with Gasteiger partial charge in [0.1, 0.15) is 6.23 Å². The van der Waals surface area contributed by atoms with E-state index in [4.69, 9.17) is 0 Å². The molecular weight excluding hydrogens is 114 g/mol. The molecule has 1 heterocycles. The van der Waals surface area contributed by atoms with Crippen molar-refractivity contribution >= 4 is 0 Å². The van der Waals surface area contributed by atoms with Gasteiger partial charge in [0.25, 0.3) is 0 Å². The minimum absolute atomic E-state index is 0.179. The maximum absolute atomic E-state index is 9.22. The van der Waals surface area contributed by atoms with Crippen LogP contribution in [0.2, 0.25) is 0 Å². The molecule has 1 unspecified atom stereocenters. The third-order valence-corrected chi connectivity index (χ3v) is 2.03. The quantitative estimate of drug-likeness (QED) is 0.519. The normalized spacial score (nSPS) is 39.0. The molecule has 0 aliphatic carbocycles. The molecule has 0 bridgehead atoms. The van der Waals surface area contributed by atoms with Gasteiger partial charge in [0.15, 0.2) is 0 Å². The molecule has 0 aromatic rings. The largest absolute Gasteiger partial charge is 0.378 e. The average molecular weight is 129 g/mol. The van der Waals surface area contributed by atoms with Gasteiger partial charge in [0.05, 0.1) is 0 Å². The molecule has 2 nitrogen and oxygen atoms in total. The number of rotatable bonds is 0. The molecule has 54 valence electrons. The minimum Gasteiger partial charge on any atom is -0.378 e. The highest BCUT2D eigenvalue weighted by atomic mass is 16.3. The smallest absolute Gasteiger partial charge is 0.107 e. The lowest BCUT2D eigenvalue weighted by Gasteiger charge is -2.32. The zero-order valence-corrected chi connectivity index (χ0v) is 6.17. The second-order valence-electron chi connectivity index (χ2n) is 3.10. The first-order valence-corrected chi connectivity index (χ1v) is 3.58. The Labute approximate surface area is 56.5 Å². The standard InChI is InChI=1S/C7H15NO/c1-6-3-4-7(9)8(2)5-6/h6-7,9H,3-5H2,1-2H3/t6-,7?/m0/s1. The Kier molecular flexibility index (Phi) is 2.09. The van der Waals surface area contributed by atoms with Crippen molar-refractivity contribution in [1.82, 2.24) is 4.90 Å². The topological polar surface area (TPSA) is 23.5 Å². The third-order valence-electron chi connectivity index (χ3n) is 2.03. The van der Waals surface area contributed by atoms with Crippen molar-refractivity contribution in [3.63, 3.8) is 0 Å². The van der Waals surface area contributed by atoms with Crippen molar-refractivity contribution in [2.45, 2.75) is 26.0 Å². The van der Waals surface area contributed by atoms with Crippen LogP contribution in [0.1, 0.15) is 19.8 Å². The zero-order chi connectivity index (χ0) is 6.85. The molecule has 1 N–H and O–H groups in total. The average Bonchev–Trinajstić information content (AvgIpc) is 1.80. The fourth-order valence-electron chi connectivity index (χ4n) is 1.36. The fraction of sp³-hybridized carbons (Fsp3) is 1.00. The summed E-state index contributed by atoms with van der Waals surface area (Å²) in [6.45, 7) is 3.27. The van der Waals surface area contributed by atoms with E-state index in [1.165, 1.54) is 6.42 Å². The summed E-state index contributed by atoms with van der Waals surface area (Å²) in [5.41, 5.74) is 0. The van der Waals surface area contributed by atoms with E-state index in [0.717, 1.165) is 18.9 Å². The van der Waals surface area contributed by atoms with E-state index in [0.29, 0.717) is 0 Å². The van der Waals surface area contributed by atoms with Crippen LogP contribution in [0.4, 0.5) is 0 Å². The summed E-state index contributed by atoms with van der Waals surface area (Å²) in [5.74, 6) is 0.762. The molecule has 1 aliphatic heterocycles. The number of aliphatic hydroxyl groups is 1. The molecule has 0 amide bonds. The van der Waals surface area contributed by atoms with Crippen LogP contribution in [0.15, 0.2) is 0 Å². The van der Waals surface area contributed by atoms with Crippen LogP contribution < -0.4 is 0 Å². The summed E-state index contributed by atoms with van der Waals surface area (Å²) in [6, 6.07) is 0. The number of hydrogen-bond donors (Lipinski definition) is 1. The molecule has 1 saturated heterocycles. The Morgan fingerprint density at radius 3 is 2.56 bits per heavy atom. The predicted molar refractivity (Wildman–Crippen MR) is 37.0 cm³/mol. The summed E-state index contributed by atoms with van der Waals surface area (Å²) in [7, 11) is 1.97. The SMILES string of the molecule is C[C@H]1CCC(O)N(C)C1. The highest BCUT2D eigenvalue weighted by Crippen LogP contribution is 2.17. The van der Waals surface area contributed by atoms with Crippen LogP contribution in [0.3, 0.4) is 0 Å². The van der Waals surface area contributed by atoms with Gasteiger partial charge in [0.2, 0.25) is 0 Å². The van der Waals surface area contributed by atoms with Crippen LogP contribution in [0, 0.1) is 5.92 Å². The molecule has 2 heteroatoms. The van der Waals surface area contributed by atoms with E-state index in [9.17, 15) is 5.11 Å². The Balaban J connectivity index is 2.35. The Bertz CT molecular complexity index is 94.9. The molecule has 0 spiro atoms. The van der Waals surface area contributed by atoms with Gasteiger partial charge in [-0.3, -0.25) is 4.90 Å². The van der Waals surface area contributed by atoms with Gasteiger partial charge in [-0.05, 0) is 25.8 Å². The van der Waals surface area contributed by atoms with E-state index in [2.05, 4.69) is 6.92 Å². The summed E-state index contributed by atoms with van der Waals surface area (Å²) < 4.78 is 0. The first-order valence-electron chi connectivity index (χ1n) is 3.58. The summed E-state index contributed by atoms with van der Waals surface area (Å²) in [6.07, 6.45) is 1.93. The van der Waals surface area contributed by atoms with E-state index in [1.54, 1.807) is 0 Å². The molecule has 0 aromatic heterocycles. The third kappa shape index (κ3) is 1.66. The van der Waals surface area contributed by atoms with Crippen molar-refractivity contribution in [3.8, 4) is 0 Å². The first kappa shape index (κ1) is 7.03. The second-order valence-corrected chi connectivity index (χ2v) is 3.10. The molecule has 1 aliphatic rings. The number of piperidine rings is 1. The summed E-state index contributed by atoms with van der Waals surface area (Å²) in [5, 5.41) is 9.22. The molecule has 2 atom stereocenters. The Hall–Kier alpha value is -0.0800. The van der Waals surface area contributed by atoms with E-state index >= 15 is 0 Å². The zero-order valence-electron chi connectivity index (χ0n) is 6.17. The van der Waals surface area contributed by atoms with Gasteiger partial charge in [0, 0.05) is 6.54 Å². The molecule has 0 saturated carbocycles. The van der Waals surface area contributed by atoms with E-state index in [1.807, 2.05) is 11.9 Å². The monoisotopic (exact) mass is 129 g/mol. The summed E-state index contributed by atoms with van der Waals surface area (Å²) in [4.78, 5) is 2.01. The van der Waals surface area contributed by atoms with Gasteiger partial charge >= 0.3 is 0 Å². The molecule has 9 heavy (non-hydrogen) atoms. The molecule has 1 rings (SSSR count). The molecule has 0 aromatic carbocycles. The van der Waals surface area contributed by atoms with E-state index < -0.39 is 0 Å². The lowest BCUT2D eigenvalue weighted by Crippen LogP contribution is -2.39. The van der Waals surface area contributed by atoms with Crippen molar-refractivity contribution in [2.24, 2.45) is 5.92 Å². The van der Waals surface area contributed by atoms with Crippen molar-refractivity contribution < 1.29 is 5.11 Å². The van der Waals surface area contributed by atoms with Crippen LogP contribution in [-0.4, -0.2) is 29.8 Å². The Morgan fingerprint density at radius 2 is 2.11 bits per heavy atom. The van der Waals surface area contributed by atoms with Crippen LogP contribution >= 0.6 is 0 Å². The Morgan fingerprint density at radius 1 is 1.44 bits per heavy atom. The van der Waals surface area contributed by atoms with Crippen molar-refractivity contribution in [3.05, 3.63) is 0 Å². The maximum atomic E-state index is 9.22. The number of hydrogen-bond acceptors (Lipinski definition) is 2. The maximum Gasteiger partial charge on any atom is 0.107 e. The lowest BCUT2D eigenvalue weighted by atomic mass is 10.00. The van der Waals surface area contributed by atoms with Crippen LogP contribution in [0.25, 0.3) is 0 Å². The molecule has 0 radical (unpaired) electrons. The van der Waals surface area contributed by atoms with E-state index in [-0.39, 0.29) is 6.23 Å². The first-order chi connectivity index (χ1) is 4.20. The second kappa shape index (κ2) is 2.67. The minimum atomic E-state index is -0.179. The number of nitrogens with zero attached hydrogens (tertiary/aromatic N) is 1. The molecule has 1 fully saturated rings. The highest BCUT2D eigenvalue weighted by Gasteiger charge is 2.19. The van der Waals surface area contributed by atoms with Crippen LogP contribution in [-0.2, 0) is 0 Å². The predicted octanol–water partition coefficient (Wildman–Crippen LogP) is 0.667. The number of likely N-dealkylation sites (tertiary alicyclic amines) is 1. The van der Waals surface area contributed by atoms with Crippen LogP contribution in [0.5, 0.6) is 0 Å². The van der Waals surface area contributed by atoms with Gasteiger partial charge < -0.3 is 5.11 Å².